The van der Waals surface area contributed by atoms with Gasteiger partial charge in [-0.1, -0.05) is 105 Å². The minimum atomic E-state index is -2.68. The molecule has 0 atom stereocenters. The molecule has 218 valence electrons. The molecule has 0 aliphatic rings. The summed E-state index contributed by atoms with van der Waals surface area (Å²) in [5.41, 5.74) is 1.18. The molecule has 1 rings (SSSR count). The van der Waals surface area contributed by atoms with Crippen LogP contribution >= 0.6 is 18.8 Å². The van der Waals surface area contributed by atoms with Crippen molar-refractivity contribution in [2.45, 2.75) is 151 Å². The standard InChI is InChI=1S/C31H62N3OPS/c1-7-11-15-19-24-33(25-20-16-12-8-2)36(35,28-23-31-29(5)37-30(6)32-31)34(26-21-17-13-9-3)27-22-18-14-10-4/h7-28H2,1-6H3. The van der Waals surface area contributed by atoms with Gasteiger partial charge in [0, 0.05) is 43.6 Å². The molecule has 0 radical (unpaired) electrons. The molecule has 0 saturated carbocycles. The van der Waals surface area contributed by atoms with Crippen molar-refractivity contribution in [2.75, 3.05) is 32.3 Å². The van der Waals surface area contributed by atoms with E-state index in [1.54, 1.807) is 11.3 Å². The van der Waals surface area contributed by atoms with Gasteiger partial charge in [0.15, 0.2) is 0 Å². The average molecular weight is 556 g/mol. The fourth-order valence-electron chi connectivity index (χ4n) is 5.25. The first-order chi connectivity index (χ1) is 17.9. The van der Waals surface area contributed by atoms with Gasteiger partial charge in [0.05, 0.1) is 10.7 Å². The highest BCUT2D eigenvalue weighted by Gasteiger charge is 2.36. The minimum Gasteiger partial charge on any atom is -0.289 e. The van der Waals surface area contributed by atoms with Crippen molar-refractivity contribution in [3.8, 4) is 0 Å². The van der Waals surface area contributed by atoms with Crippen molar-refractivity contribution >= 4 is 18.8 Å². The molecule has 0 aromatic carbocycles. The number of hydrogen-bond donors (Lipinski definition) is 0. The van der Waals surface area contributed by atoms with Crippen molar-refractivity contribution in [3.63, 3.8) is 0 Å². The molecule has 0 saturated heterocycles. The Morgan fingerprint density at radius 1 is 0.622 bits per heavy atom. The Kier molecular flexibility index (Phi) is 20.3. The summed E-state index contributed by atoms with van der Waals surface area (Å²) in [6.45, 7) is 17.3. The van der Waals surface area contributed by atoms with Crippen LogP contribution in [0.25, 0.3) is 0 Å². The van der Waals surface area contributed by atoms with E-state index in [4.69, 9.17) is 4.98 Å². The third-order valence-electron chi connectivity index (χ3n) is 7.60. The lowest BCUT2D eigenvalue weighted by atomic mass is 10.2. The molecule has 37 heavy (non-hydrogen) atoms. The number of unbranched alkanes of at least 4 members (excludes halogenated alkanes) is 12. The molecule has 6 heteroatoms. The highest BCUT2D eigenvalue weighted by atomic mass is 32.1. The van der Waals surface area contributed by atoms with Crippen LogP contribution in [-0.4, -0.2) is 46.7 Å². The van der Waals surface area contributed by atoms with Gasteiger partial charge in [-0.05, 0) is 39.5 Å². The van der Waals surface area contributed by atoms with E-state index in [0.717, 1.165) is 43.8 Å². The molecule has 0 spiro atoms. The molecule has 1 heterocycles. The Hall–Kier alpha value is -0.220. The minimum absolute atomic E-state index is 0.750. The Balaban J connectivity index is 3.21. The highest BCUT2D eigenvalue weighted by molar-refractivity contribution is 7.59. The largest absolute Gasteiger partial charge is 0.289 e. The lowest BCUT2D eigenvalue weighted by molar-refractivity contribution is 0.310. The maximum absolute atomic E-state index is 15.4. The fourth-order valence-corrected chi connectivity index (χ4v) is 9.36. The summed E-state index contributed by atoms with van der Waals surface area (Å²) < 4.78 is 20.4. The molecule has 4 nitrogen and oxygen atoms in total. The lowest BCUT2D eigenvalue weighted by Gasteiger charge is -2.40. The number of thiazole rings is 1. The van der Waals surface area contributed by atoms with Gasteiger partial charge in [-0.2, -0.15) is 0 Å². The maximum Gasteiger partial charge on any atom is 0.216 e. The van der Waals surface area contributed by atoms with Gasteiger partial charge in [0.1, 0.15) is 0 Å². The monoisotopic (exact) mass is 555 g/mol. The molecule has 1 aromatic rings. The summed E-state index contributed by atoms with van der Waals surface area (Å²) in [6, 6.07) is 0. The first-order valence-corrected chi connectivity index (χ1v) is 18.6. The van der Waals surface area contributed by atoms with Crippen LogP contribution in [0.15, 0.2) is 0 Å². The van der Waals surface area contributed by atoms with Gasteiger partial charge in [-0.15, -0.1) is 11.3 Å². The summed E-state index contributed by atoms with van der Waals surface area (Å²) in [4.78, 5) is 6.14. The SMILES string of the molecule is CCCCCCN(CCCCCC)P(=O)(CCc1nc(C)sc1C)N(CCCCCC)CCCCCC. The van der Waals surface area contributed by atoms with Crippen molar-refractivity contribution in [2.24, 2.45) is 0 Å². The topological polar surface area (TPSA) is 36.4 Å². The van der Waals surface area contributed by atoms with Crippen LogP contribution in [0.4, 0.5) is 0 Å². The van der Waals surface area contributed by atoms with E-state index in [1.807, 2.05) is 0 Å². The second-order valence-corrected chi connectivity index (χ2v) is 15.3. The molecule has 1 aromatic heterocycles. The smallest absolute Gasteiger partial charge is 0.216 e. The van der Waals surface area contributed by atoms with E-state index in [-0.39, 0.29) is 0 Å². The number of aromatic nitrogens is 1. The molecule has 0 aliphatic carbocycles. The Bertz CT molecular complexity index is 667. The van der Waals surface area contributed by atoms with Gasteiger partial charge >= 0.3 is 0 Å². The van der Waals surface area contributed by atoms with Crippen molar-refractivity contribution in [1.29, 1.82) is 0 Å². The van der Waals surface area contributed by atoms with Gasteiger partial charge in [0.25, 0.3) is 0 Å². The fraction of sp³-hybridized carbons (Fsp3) is 0.903. The molecule has 0 unspecified atom stereocenters. The first kappa shape index (κ1) is 34.8. The number of nitrogens with zero attached hydrogens (tertiary/aromatic N) is 3. The van der Waals surface area contributed by atoms with Crippen molar-refractivity contribution in [1.82, 2.24) is 14.3 Å². The average Bonchev–Trinajstić information content (AvgIpc) is 3.21. The quantitative estimate of drug-likeness (QED) is 0.0888. The maximum atomic E-state index is 15.4. The predicted octanol–water partition coefficient (Wildman–Crippen LogP) is 10.4. The number of rotatable bonds is 25. The number of hydrogen-bond acceptors (Lipinski definition) is 3. The molecular weight excluding hydrogens is 493 g/mol. The van der Waals surface area contributed by atoms with E-state index >= 15 is 4.57 Å². The Morgan fingerprint density at radius 3 is 1.30 bits per heavy atom. The molecule has 0 fully saturated rings. The van der Waals surface area contributed by atoms with Crippen LogP contribution in [0.2, 0.25) is 0 Å². The van der Waals surface area contributed by atoms with Crippen LogP contribution < -0.4 is 0 Å². The normalized spacial score (nSPS) is 12.3. The second-order valence-electron chi connectivity index (χ2n) is 11.0. The summed E-state index contributed by atoms with van der Waals surface area (Å²) in [6.07, 6.45) is 21.4. The zero-order valence-corrected chi connectivity index (χ0v) is 27.4. The molecule has 0 N–H and O–H groups in total. The zero-order chi connectivity index (χ0) is 27.4. The van der Waals surface area contributed by atoms with Gasteiger partial charge in [-0.3, -0.25) is 4.57 Å². The van der Waals surface area contributed by atoms with Crippen molar-refractivity contribution < 1.29 is 4.57 Å². The first-order valence-electron chi connectivity index (χ1n) is 16.0. The summed E-state index contributed by atoms with van der Waals surface area (Å²) in [7, 11) is -2.68. The lowest BCUT2D eigenvalue weighted by Crippen LogP contribution is -2.36. The van der Waals surface area contributed by atoms with Gasteiger partial charge in [-0.25, -0.2) is 14.3 Å². The van der Waals surface area contributed by atoms with E-state index in [0.29, 0.717) is 0 Å². The van der Waals surface area contributed by atoms with E-state index in [2.05, 4.69) is 50.9 Å². The Morgan fingerprint density at radius 2 is 1.00 bits per heavy atom. The van der Waals surface area contributed by atoms with Crippen LogP contribution in [0.3, 0.4) is 0 Å². The van der Waals surface area contributed by atoms with Gasteiger partial charge < -0.3 is 0 Å². The van der Waals surface area contributed by atoms with E-state index < -0.39 is 7.44 Å². The summed E-state index contributed by atoms with van der Waals surface area (Å²) in [5, 5.41) is 1.13. The molecule has 0 bridgehead atoms. The van der Waals surface area contributed by atoms with Gasteiger partial charge in [0.2, 0.25) is 7.44 Å². The number of aryl methyl sites for hydroxylation is 3. The predicted molar refractivity (Wildman–Crippen MR) is 167 cm³/mol. The molecular formula is C31H62N3OPS. The van der Waals surface area contributed by atoms with Crippen LogP contribution in [-0.2, 0) is 11.0 Å². The third-order valence-corrected chi connectivity index (χ3v) is 11.9. The van der Waals surface area contributed by atoms with Crippen LogP contribution in [0.5, 0.6) is 0 Å². The summed E-state index contributed by atoms with van der Waals surface area (Å²) in [5.74, 6) is 0. The second kappa shape index (κ2) is 21.6. The van der Waals surface area contributed by atoms with E-state index in [1.165, 1.54) is 113 Å². The molecule has 0 amide bonds. The third kappa shape index (κ3) is 14.1. The Labute approximate surface area is 235 Å². The highest BCUT2D eigenvalue weighted by Crippen LogP contribution is 2.54. The zero-order valence-electron chi connectivity index (χ0n) is 25.7. The van der Waals surface area contributed by atoms with Crippen LogP contribution in [0.1, 0.15) is 146 Å². The van der Waals surface area contributed by atoms with E-state index in [9.17, 15) is 0 Å². The molecule has 0 aliphatic heterocycles. The van der Waals surface area contributed by atoms with Crippen molar-refractivity contribution in [3.05, 3.63) is 15.6 Å². The van der Waals surface area contributed by atoms with Crippen LogP contribution in [0, 0.1) is 13.8 Å². The summed E-state index contributed by atoms with van der Waals surface area (Å²) >= 11 is 1.79.